The Hall–Kier alpha value is -1.12. The zero-order valence-corrected chi connectivity index (χ0v) is 14.2. The van der Waals surface area contributed by atoms with Gasteiger partial charge in [0.2, 0.25) is 0 Å². The van der Waals surface area contributed by atoms with Gasteiger partial charge in [0.25, 0.3) is 0 Å². The third kappa shape index (κ3) is 4.42. The van der Waals surface area contributed by atoms with E-state index in [9.17, 15) is 0 Å². The SMILES string of the molecule is CCCNc1cc(CC)nc(C2CCC(C(C)C)CC2)n1. The second-order valence-corrected chi connectivity index (χ2v) is 6.74. The maximum atomic E-state index is 4.80. The normalized spacial score (nSPS) is 22.5. The maximum Gasteiger partial charge on any atom is 0.134 e. The largest absolute Gasteiger partial charge is 0.370 e. The molecule has 1 aliphatic rings. The molecule has 3 nitrogen and oxygen atoms in total. The first-order valence-corrected chi connectivity index (χ1v) is 8.75. The van der Waals surface area contributed by atoms with Gasteiger partial charge in [-0.05, 0) is 50.4 Å². The summed E-state index contributed by atoms with van der Waals surface area (Å²) >= 11 is 0. The summed E-state index contributed by atoms with van der Waals surface area (Å²) in [6, 6.07) is 2.11. The Balaban J connectivity index is 2.08. The van der Waals surface area contributed by atoms with E-state index in [1.54, 1.807) is 0 Å². The molecule has 0 aromatic carbocycles. The molecular weight excluding hydrogens is 258 g/mol. The Labute approximate surface area is 130 Å². The van der Waals surface area contributed by atoms with Gasteiger partial charge in [-0.1, -0.05) is 27.7 Å². The number of hydrogen-bond donors (Lipinski definition) is 1. The van der Waals surface area contributed by atoms with Gasteiger partial charge in [-0.25, -0.2) is 9.97 Å². The summed E-state index contributed by atoms with van der Waals surface area (Å²) in [4.78, 5) is 9.59. The second-order valence-electron chi connectivity index (χ2n) is 6.74. The molecule has 1 aromatic rings. The summed E-state index contributed by atoms with van der Waals surface area (Å²) in [6.45, 7) is 10.0. The van der Waals surface area contributed by atoms with Gasteiger partial charge in [0.1, 0.15) is 11.6 Å². The van der Waals surface area contributed by atoms with Crippen molar-refractivity contribution in [3.05, 3.63) is 17.6 Å². The molecule has 0 radical (unpaired) electrons. The van der Waals surface area contributed by atoms with Crippen molar-refractivity contribution in [2.45, 2.75) is 72.1 Å². The van der Waals surface area contributed by atoms with Crippen molar-refractivity contribution >= 4 is 5.82 Å². The topological polar surface area (TPSA) is 37.8 Å². The Morgan fingerprint density at radius 2 is 1.86 bits per heavy atom. The quantitative estimate of drug-likeness (QED) is 0.818. The highest BCUT2D eigenvalue weighted by molar-refractivity contribution is 5.36. The lowest BCUT2D eigenvalue weighted by Crippen LogP contribution is -2.19. The highest BCUT2D eigenvalue weighted by Crippen LogP contribution is 2.37. The van der Waals surface area contributed by atoms with E-state index >= 15 is 0 Å². The third-order valence-corrected chi connectivity index (χ3v) is 4.79. The van der Waals surface area contributed by atoms with E-state index in [1.165, 1.54) is 31.4 Å². The molecule has 0 spiro atoms. The zero-order chi connectivity index (χ0) is 15.2. The van der Waals surface area contributed by atoms with E-state index in [-0.39, 0.29) is 0 Å². The average molecular weight is 289 g/mol. The summed E-state index contributed by atoms with van der Waals surface area (Å²) in [7, 11) is 0. The first-order chi connectivity index (χ1) is 10.1. The summed E-state index contributed by atoms with van der Waals surface area (Å²) < 4.78 is 0. The fourth-order valence-electron chi connectivity index (χ4n) is 3.27. The smallest absolute Gasteiger partial charge is 0.134 e. The molecule has 21 heavy (non-hydrogen) atoms. The summed E-state index contributed by atoms with van der Waals surface area (Å²) in [5.74, 6) is 4.37. The van der Waals surface area contributed by atoms with Gasteiger partial charge in [-0.15, -0.1) is 0 Å². The van der Waals surface area contributed by atoms with Crippen LogP contribution in [-0.2, 0) is 6.42 Å². The monoisotopic (exact) mass is 289 g/mol. The Morgan fingerprint density at radius 1 is 1.14 bits per heavy atom. The second kappa shape index (κ2) is 7.77. The number of nitrogens with one attached hydrogen (secondary N) is 1. The minimum atomic E-state index is 0.564. The van der Waals surface area contributed by atoms with E-state index in [0.29, 0.717) is 5.92 Å². The number of nitrogens with zero attached hydrogens (tertiary/aromatic N) is 2. The number of rotatable bonds is 6. The molecule has 0 unspecified atom stereocenters. The molecule has 1 N–H and O–H groups in total. The number of anilines is 1. The highest BCUT2D eigenvalue weighted by atomic mass is 15.0. The maximum absolute atomic E-state index is 4.80. The zero-order valence-electron chi connectivity index (χ0n) is 14.2. The summed E-state index contributed by atoms with van der Waals surface area (Å²) in [5.41, 5.74) is 1.17. The van der Waals surface area contributed by atoms with Crippen LogP contribution in [0, 0.1) is 11.8 Å². The lowest BCUT2D eigenvalue weighted by Gasteiger charge is -2.30. The standard InChI is InChI=1S/C18H31N3/c1-5-11-19-17-12-16(6-2)20-18(21-17)15-9-7-14(8-10-15)13(3)4/h12-15H,5-11H2,1-4H3,(H,19,20,21). The van der Waals surface area contributed by atoms with Crippen LogP contribution in [0.2, 0.25) is 0 Å². The van der Waals surface area contributed by atoms with Crippen molar-refractivity contribution in [2.75, 3.05) is 11.9 Å². The van der Waals surface area contributed by atoms with E-state index in [2.05, 4.69) is 39.1 Å². The molecule has 0 atom stereocenters. The van der Waals surface area contributed by atoms with E-state index < -0.39 is 0 Å². The van der Waals surface area contributed by atoms with Gasteiger partial charge >= 0.3 is 0 Å². The molecule has 1 heterocycles. The van der Waals surface area contributed by atoms with Crippen LogP contribution in [0.3, 0.4) is 0 Å². The predicted octanol–water partition coefficient (Wildman–Crippen LogP) is 4.79. The Morgan fingerprint density at radius 3 is 2.43 bits per heavy atom. The van der Waals surface area contributed by atoms with E-state index in [1.807, 2.05) is 0 Å². The van der Waals surface area contributed by atoms with Crippen molar-refractivity contribution in [2.24, 2.45) is 11.8 Å². The van der Waals surface area contributed by atoms with Crippen LogP contribution in [0.15, 0.2) is 6.07 Å². The molecule has 0 aliphatic heterocycles. The first kappa shape index (κ1) is 16.3. The molecule has 0 saturated heterocycles. The molecular formula is C18H31N3. The van der Waals surface area contributed by atoms with Crippen molar-refractivity contribution in [3.63, 3.8) is 0 Å². The minimum Gasteiger partial charge on any atom is -0.370 e. The molecule has 0 bridgehead atoms. The lowest BCUT2D eigenvalue weighted by molar-refractivity contribution is 0.254. The molecule has 3 heteroatoms. The highest BCUT2D eigenvalue weighted by Gasteiger charge is 2.26. The molecule has 1 aliphatic carbocycles. The van der Waals surface area contributed by atoms with E-state index in [4.69, 9.17) is 9.97 Å². The fourth-order valence-corrected chi connectivity index (χ4v) is 3.27. The molecule has 1 aromatic heterocycles. The molecule has 0 amide bonds. The van der Waals surface area contributed by atoms with Crippen LogP contribution in [0.1, 0.15) is 77.2 Å². The number of hydrogen-bond acceptors (Lipinski definition) is 3. The van der Waals surface area contributed by atoms with Crippen LogP contribution in [0.5, 0.6) is 0 Å². The Kier molecular flexibility index (Phi) is 6.01. The fraction of sp³-hybridized carbons (Fsp3) is 0.778. The Bertz CT molecular complexity index is 434. The number of aryl methyl sites for hydroxylation is 1. The van der Waals surface area contributed by atoms with Crippen molar-refractivity contribution in [3.8, 4) is 0 Å². The van der Waals surface area contributed by atoms with E-state index in [0.717, 1.165) is 42.9 Å². The van der Waals surface area contributed by atoms with Crippen molar-refractivity contribution < 1.29 is 0 Å². The van der Waals surface area contributed by atoms with Gasteiger partial charge in [0.15, 0.2) is 0 Å². The molecule has 118 valence electrons. The van der Waals surface area contributed by atoms with Gasteiger partial charge in [0, 0.05) is 24.2 Å². The molecule has 1 saturated carbocycles. The molecule has 1 fully saturated rings. The summed E-state index contributed by atoms with van der Waals surface area (Å²) in [6.07, 6.45) is 7.28. The van der Waals surface area contributed by atoms with Gasteiger partial charge in [-0.3, -0.25) is 0 Å². The average Bonchev–Trinajstić information content (AvgIpc) is 2.52. The predicted molar refractivity (Wildman–Crippen MR) is 89.7 cm³/mol. The van der Waals surface area contributed by atoms with Gasteiger partial charge < -0.3 is 5.32 Å². The summed E-state index contributed by atoms with van der Waals surface area (Å²) in [5, 5.41) is 3.42. The van der Waals surface area contributed by atoms with Crippen molar-refractivity contribution in [1.29, 1.82) is 0 Å². The van der Waals surface area contributed by atoms with Crippen LogP contribution >= 0.6 is 0 Å². The molecule has 2 rings (SSSR count). The van der Waals surface area contributed by atoms with Crippen LogP contribution < -0.4 is 5.32 Å². The first-order valence-electron chi connectivity index (χ1n) is 8.75. The van der Waals surface area contributed by atoms with Crippen LogP contribution in [0.4, 0.5) is 5.82 Å². The lowest BCUT2D eigenvalue weighted by atomic mass is 9.76. The number of aromatic nitrogens is 2. The minimum absolute atomic E-state index is 0.564. The third-order valence-electron chi connectivity index (χ3n) is 4.79. The van der Waals surface area contributed by atoms with Crippen molar-refractivity contribution in [1.82, 2.24) is 9.97 Å². The van der Waals surface area contributed by atoms with Gasteiger partial charge in [-0.2, -0.15) is 0 Å². The van der Waals surface area contributed by atoms with Gasteiger partial charge in [0.05, 0.1) is 0 Å². The van der Waals surface area contributed by atoms with Crippen LogP contribution in [0.25, 0.3) is 0 Å². The van der Waals surface area contributed by atoms with Crippen LogP contribution in [-0.4, -0.2) is 16.5 Å².